The number of nitro benzene ring substituents is 1. The summed E-state index contributed by atoms with van der Waals surface area (Å²) in [6.07, 6.45) is 0. The number of hydrogen-bond donors (Lipinski definition) is 1. The van der Waals surface area contributed by atoms with E-state index in [1.54, 1.807) is 0 Å². The molecule has 8 heteroatoms. The molecule has 0 bridgehead atoms. The zero-order valence-electron chi connectivity index (χ0n) is 11.4. The topological polar surface area (TPSA) is 114 Å². The molecule has 20 heavy (non-hydrogen) atoms. The van der Waals surface area contributed by atoms with Crippen molar-refractivity contribution in [2.45, 2.75) is 12.5 Å². The number of benzene rings is 1. The van der Waals surface area contributed by atoms with Crippen molar-refractivity contribution in [3.05, 3.63) is 28.3 Å². The van der Waals surface area contributed by atoms with E-state index in [0.717, 1.165) is 0 Å². The van der Waals surface area contributed by atoms with E-state index in [1.165, 1.54) is 39.3 Å². The van der Waals surface area contributed by atoms with Crippen LogP contribution in [-0.2, 0) is 9.53 Å². The fraction of sp³-hybridized carbons (Fsp3) is 0.417. The number of nitrogens with zero attached hydrogens (tertiary/aromatic N) is 1. The van der Waals surface area contributed by atoms with E-state index >= 15 is 0 Å². The number of rotatable bonds is 6. The zero-order chi connectivity index (χ0) is 15.3. The maximum atomic E-state index is 11.4. The van der Waals surface area contributed by atoms with Crippen LogP contribution in [-0.4, -0.2) is 37.3 Å². The number of carbonyl (C=O) groups is 1. The van der Waals surface area contributed by atoms with E-state index in [-0.39, 0.29) is 18.0 Å². The summed E-state index contributed by atoms with van der Waals surface area (Å²) in [6.45, 7) is 1.14. The Bertz CT molecular complexity index is 515. The van der Waals surface area contributed by atoms with Crippen molar-refractivity contribution in [3.8, 4) is 11.5 Å². The molecule has 1 atom stereocenters. The summed E-state index contributed by atoms with van der Waals surface area (Å²) < 4.78 is 14.8. The molecule has 2 N–H and O–H groups in total. The Hall–Kier alpha value is -2.35. The van der Waals surface area contributed by atoms with Crippen LogP contribution in [0.4, 0.5) is 5.69 Å². The number of ether oxygens (including phenoxy) is 3. The molecule has 0 amide bonds. The molecule has 1 aromatic rings. The Labute approximate surface area is 115 Å². The molecule has 0 saturated carbocycles. The number of nitrogens with two attached hydrogens (primary N) is 1. The van der Waals surface area contributed by atoms with Crippen LogP contribution >= 0.6 is 0 Å². The first kappa shape index (κ1) is 15.7. The highest BCUT2D eigenvalue weighted by molar-refractivity contribution is 5.80. The highest BCUT2D eigenvalue weighted by atomic mass is 16.6. The number of esters is 1. The molecule has 1 aromatic carbocycles. The second kappa shape index (κ2) is 6.20. The van der Waals surface area contributed by atoms with Gasteiger partial charge in [-0.25, -0.2) is 4.79 Å². The molecule has 0 aliphatic rings. The second-order valence-electron chi connectivity index (χ2n) is 4.29. The lowest BCUT2D eigenvalue weighted by atomic mass is 10.1. The zero-order valence-corrected chi connectivity index (χ0v) is 11.4. The van der Waals surface area contributed by atoms with Crippen molar-refractivity contribution < 1.29 is 23.9 Å². The van der Waals surface area contributed by atoms with Gasteiger partial charge in [-0.1, -0.05) is 0 Å². The number of methoxy groups -OCH3 is 2. The summed E-state index contributed by atoms with van der Waals surface area (Å²) in [7, 11) is 2.62. The van der Waals surface area contributed by atoms with Crippen molar-refractivity contribution in [2.75, 3.05) is 20.8 Å². The average Bonchev–Trinajstić information content (AvgIpc) is 2.43. The van der Waals surface area contributed by atoms with Gasteiger partial charge < -0.3 is 19.9 Å². The van der Waals surface area contributed by atoms with Crippen LogP contribution in [0.15, 0.2) is 18.2 Å². The van der Waals surface area contributed by atoms with Crippen molar-refractivity contribution in [3.63, 3.8) is 0 Å². The van der Waals surface area contributed by atoms with Gasteiger partial charge in [0.1, 0.15) is 17.9 Å². The molecular formula is C12H16N2O6. The van der Waals surface area contributed by atoms with Crippen LogP contribution in [0.25, 0.3) is 0 Å². The Balaban J connectivity index is 2.96. The third-order valence-corrected chi connectivity index (χ3v) is 2.54. The van der Waals surface area contributed by atoms with Gasteiger partial charge in [0.05, 0.1) is 19.1 Å². The van der Waals surface area contributed by atoms with Crippen molar-refractivity contribution >= 4 is 11.7 Å². The van der Waals surface area contributed by atoms with Gasteiger partial charge in [0.15, 0.2) is 0 Å². The fourth-order valence-corrected chi connectivity index (χ4v) is 1.41. The van der Waals surface area contributed by atoms with Gasteiger partial charge in [-0.05, 0) is 13.0 Å². The van der Waals surface area contributed by atoms with Crippen LogP contribution in [0.2, 0.25) is 0 Å². The lowest BCUT2D eigenvalue weighted by molar-refractivity contribution is -0.385. The molecule has 110 valence electrons. The van der Waals surface area contributed by atoms with E-state index in [2.05, 4.69) is 4.74 Å². The molecular weight excluding hydrogens is 268 g/mol. The van der Waals surface area contributed by atoms with Gasteiger partial charge in [-0.3, -0.25) is 10.1 Å². The lowest BCUT2D eigenvalue weighted by Gasteiger charge is -2.21. The molecule has 0 aliphatic carbocycles. The number of carbonyl (C=O) groups excluding carboxylic acids is 1. The maximum Gasteiger partial charge on any atom is 0.329 e. The minimum absolute atomic E-state index is 0.0325. The average molecular weight is 284 g/mol. The largest absolute Gasteiger partial charge is 0.497 e. The fourth-order valence-electron chi connectivity index (χ4n) is 1.41. The van der Waals surface area contributed by atoms with Gasteiger partial charge in [0.2, 0.25) is 5.75 Å². The Morgan fingerprint density at radius 2 is 2.10 bits per heavy atom. The Morgan fingerprint density at radius 3 is 2.60 bits per heavy atom. The highest BCUT2D eigenvalue weighted by Gasteiger charge is 2.31. The van der Waals surface area contributed by atoms with Gasteiger partial charge in [-0.15, -0.1) is 0 Å². The first-order valence-electron chi connectivity index (χ1n) is 5.64. The molecule has 1 unspecified atom stereocenters. The molecule has 0 fully saturated rings. The first-order chi connectivity index (χ1) is 9.31. The van der Waals surface area contributed by atoms with Crippen molar-refractivity contribution in [2.24, 2.45) is 5.73 Å². The van der Waals surface area contributed by atoms with Crippen molar-refractivity contribution in [1.29, 1.82) is 0 Å². The predicted molar refractivity (Wildman–Crippen MR) is 69.8 cm³/mol. The first-order valence-corrected chi connectivity index (χ1v) is 5.64. The molecule has 0 aliphatic heterocycles. The lowest BCUT2D eigenvalue weighted by Crippen LogP contribution is -2.50. The predicted octanol–water partition coefficient (Wildman–Crippen LogP) is 0.873. The summed E-state index contributed by atoms with van der Waals surface area (Å²) in [5.41, 5.74) is 4.06. The third-order valence-electron chi connectivity index (χ3n) is 2.54. The van der Waals surface area contributed by atoms with Crippen LogP contribution in [0.5, 0.6) is 11.5 Å². The summed E-state index contributed by atoms with van der Waals surface area (Å²) in [4.78, 5) is 21.7. The summed E-state index contributed by atoms with van der Waals surface area (Å²) >= 11 is 0. The normalized spacial score (nSPS) is 13.2. The van der Waals surface area contributed by atoms with E-state index < -0.39 is 16.4 Å². The molecule has 0 saturated heterocycles. The molecule has 0 heterocycles. The SMILES string of the molecule is COC(=O)C(C)(N)COc1cc(OC)ccc1[N+](=O)[O-]. The Morgan fingerprint density at radius 1 is 1.45 bits per heavy atom. The van der Waals surface area contributed by atoms with Gasteiger partial charge in [0, 0.05) is 12.1 Å². The molecule has 0 spiro atoms. The molecule has 1 rings (SSSR count). The smallest absolute Gasteiger partial charge is 0.329 e. The second-order valence-corrected chi connectivity index (χ2v) is 4.29. The Kier molecular flexibility index (Phi) is 4.87. The van der Waals surface area contributed by atoms with Crippen LogP contribution < -0.4 is 15.2 Å². The van der Waals surface area contributed by atoms with E-state index in [4.69, 9.17) is 15.2 Å². The van der Waals surface area contributed by atoms with Gasteiger partial charge in [-0.2, -0.15) is 0 Å². The highest BCUT2D eigenvalue weighted by Crippen LogP contribution is 2.31. The quantitative estimate of drug-likeness (QED) is 0.468. The van der Waals surface area contributed by atoms with E-state index in [9.17, 15) is 14.9 Å². The molecule has 0 radical (unpaired) electrons. The minimum Gasteiger partial charge on any atom is -0.497 e. The molecule has 8 nitrogen and oxygen atoms in total. The number of hydrogen-bond acceptors (Lipinski definition) is 7. The summed E-state index contributed by atoms with van der Waals surface area (Å²) in [6, 6.07) is 4.04. The third kappa shape index (κ3) is 3.58. The van der Waals surface area contributed by atoms with Crippen LogP contribution in [0.3, 0.4) is 0 Å². The maximum absolute atomic E-state index is 11.4. The number of nitro groups is 1. The van der Waals surface area contributed by atoms with Crippen LogP contribution in [0.1, 0.15) is 6.92 Å². The summed E-state index contributed by atoms with van der Waals surface area (Å²) in [5.74, 6) is -0.319. The standard InChI is InChI=1S/C12H16N2O6/c1-12(13,11(15)19-3)7-20-10-6-8(18-2)4-5-9(10)14(16)17/h4-6H,7,13H2,1-3H3. The van der Waals surface area contributed by atoms with E-state index in [0.29, 0.717) is 5.75 Å². The molecule has 0 aromatic heterocycles. The van der Waals surface area contributed by atoms with Crippen LogP contribution in [0, 0.1) is 10.1 Å². The van der Waals surface area contributed by atoms with Gasteiger partial charge >= 0.3 is 11.7 Å². The van der Waals surface area contributed by atoms with Gasteiger partial charge in [0.25, 0.3) is 0 Å². The monoisotopic (exact) mass is 284 g/mol. The minimum atomic E-state index is -1.41. The van der Waals surface area contributed by atoms with E-state index in [1.807, 2.05) is 0 Å². The van der Waals surface area contributed by atoms with Crippen molar-refractivity contribution in [1.82, 2.24) is 0 Å². The summed E-state index contributed by atoms with van der Waals surface area (Å²) in [5, 5.41) is 10.9.